The first-order valence-electron chi connectivity index (χ1n) is 6.57. The Bertz CT molecular complexity index is 481. The van der Waals surface area contributed by atoms with E-state index in [1.54, 1.807) is 11.2 Å². The van der Waals surface area contributed by atoms with E-state index < -0.39 is 0 Å². The van der Waals surface area contributed by atoms with Crippen molar-refractivity contribution in [3.05, 3.63) is 18.1 Å². The Morgan fingerprint density at radius 2 is 2.37 bits per heavy atom. The van der Waals surface area contributed by atoms with Crippen molar-refractivity contribution in [3.63, 3.8) is 0 Å². The van der Waals surface area contributed by atoms with Crippen LogP contribution in [-0.4, -0.2) is 38.4 Å². The van der Waals surface area contributed by atoms with Crippen LogP contribution < -0.4 is 0 Å². The number of carbonyl (C=O) groups is 1. The van der Waals surface area contributed by atoms with Gasteiger partial charge in [-0.1, -0.05) is 17.8 Å². The molecule has 0 aromatic carbocycles. The first-order chi connectivity index (χ1) is 9.09. The predicted molar refractivity (Wildman–Crippen MR) is 75.8 cm³/mol. The van der Waals surface area contributed by atoms with Gasteiger partial charge in [-0.25, -0.2) is 0 Å². The van der Waals surface area contributed by atoms with Crippen LogP contribution in [0.25, 0.3) is 0 Å². The molecule has 6 heteroatoms. The summed E-state index contributed by atoms with van der Waals surface area (Å²) in [6.45, 7) is 4.15. The lowest BCUT2D eigenvalue weighted by molar-refractivity contribution is -0.125. The summed E-state index contributed by atoms with van der Waals surface area (Å²) in [6.07, 6.45) is 7.11. The average Bonchev–Trinajstić information content (AvgIpc) is 3.05. The van der Waals surface area contributed by atoms with E-state index in [1.165, 1.54) is 11.8 Å². The number of hydrogen-bond donors (Lipinski definition) is 0. The van der Waals surface area contributed by atoms with Crippen LogP contribution in [-0.2, 0) is 4.79 Å². The Kier molecular flexibility index (Phi) is 4.63. The van der Waals surface area contributed by atoms with Crippen LogP contribution in [0.2, 0.25) is 0 Å². The molecule has 104 valence electrons. The second kappa shape index (κ2) is 6.23. The van der Waals surface area contributed by atoms with Gasteiger partial charge in [0.05, 0.1) is 5.75 Å². The number of thioether (sulfide) groups is 1. The van der Waals surface area contributed by atoms with E-state index >= 15 is 0 Å². The van der Waals surface area contributed by atoms with Gasteiger partial charge >= 0.3 is 0 Å². The molecule has 0 aliphatic heterocycles. The first kappa shape index (κ1) is 14.1. The van der Waals surface area contributed by atoms with Gasteiger partial charge in [0.25, 0.3) is 0 Å². The molecule has 0 bridgehead atoms. The number of carbonyl (C=O) groups excluding carboxylic acids is 1. The lowest BCUT2D eigenvalue weighted by Gasteiger charge is -2.18. The molecule has 19 heavy (non-hydrogen) atoms. The Morgan fingerprint density at radius 1 is 1.58 bits per heavy atom. The van der Waals surface area contributed by atoms with E-state index in [0.717, 1.165) is 30.1 Å². The van der Waals surface area contributed by atoms with Crippen molar-refractivity contribution in [2.24, 2.45) is 0 Å². The second-order valence-corrected chi connectivity index (χ2v) is 5.89. The summed E-state index contributed by atoms with van der Waals surface area (Å²) < 4.78 is 1.98. The Morgan fingerprint density at radius 3 is 3.00 bits per heavy atom. The summed E-state index contributed by atoms with van der Waals surface area (Å²) in [5, 5.41) is 8.76. The summed E-state index contributed by atoms with van der Waals surface area (Å²) in [7, 11) is 1.85. The van der Waals surface area contributed by atoms with Crippen LogP contribution in [0.15, 0.2) is 23.3 Å². The minimum absolute atomic E-state index is 0.122. The van der Waals surface area contributed by atoms with Crippen molar-refractivity contribution in [2.75, 3.05) is 12.8 Å². The zero-order chi connectivity index (χ0) is 13.8. The van der Waals surface area contributed by atoms with Gasteiger partial charge < -0.3 is 9.47 Å². The number of hydrogen-bond acceptors (Lipinski definition) is 4. The molecule has 0 N–H and O–H groups in total. The fraction of sp³-hybridized carbons (Fsp3) is 0.615. The number of rotatable bonds is 5. The second-order valence-electron chi connectivity index (χ2n) is 4.94. The van der Waals surface area contributed by atoms with Gasteiger partial charge in [0.1, 0.15) is 6.33 Å². The molecular formula is C13H20N4OS. The van der Waals surface area contributed by atoms with Gasteiger partial charge in [-0.2, -0.15) is 0 Å². The fourth-order valence-corrected chi connectivity index (χ4v) is 2.99. The smallest absolute Gasteiger partial charge is 0.236 e. The molecule has 1 aromatic rings. The van der Waals surface area contributed by atoms with Gasteiger partial charge in [-0.3, -0.25) is 4.79 Å². The molecule has 1 amide bonds. The van der Waals surface area contributed by atoms with Crippen molar-refractivity contribution in [3.8, 4) is 0 Å². The number of allylic oxidation sites excluding steroid dienone is 2. The van der Waals surface area contributed by atoms with Crippen molar-refractivity contribution in [1.29, 1.82) is 0 Å². The van der Waals surface area contributed by atoms with E-state index in [0.29, 0.717) is 11.8 Å². The average molecular weight is 280 g/mol. The minimum atomic E-state index is 0.122. The Hall–Kier alpha value is -1.30. The van der Waals surface area contributed by atoms with E-state index in [2.05, 4.69) is 30.1 Å². The molecule has 0 atom stereocenters. The van der Waals surface area contributed by atoms with Gasteiger partial charge in [0.2, 0.25) is 5.91 Å². The molecule has 0 saturated heterocycles. The molecule has 2 rings (SSSR count). The lowest BCUT2D eigenvalue weighted by atomic mass is 10.3. The van der Waals surface area contributed by atoms with Crippen molar-refractivity contribution in [2.45, 2.75) is 44.3 Å². The molecule has 0 spiro atoms. The summed E-state index contributed by atoms with van der Waals surface area (Å²) in [5.41, 5.74) is 1.15. The topological polar surface area (TPSA) is 51.0 Å². The maximum Gasteiger partial charge on any atom is 0.236 e. The number of amides is 1. The molecule has 0 unspecified atom stereocenters. The molecule has 1 aliphatic carbocycles. The lowest BCUT2D eigenvalue weighted by Crippen LogP contribution is -2.27. The zero-order valence-corrected chi connectivity index (χ0v) is 12.5. The normalized spacial score (nSPS) is 14.8. The predicted octanol–water partition coefficient (Wildman–Crippen LogP) is 2.48. The van der Waals surface area contributed by atoms with E-state index in [9.17, 15) is 4.79 Å². The summed E-state index contributed by atoms with van der Waals surface area (Å²) in [4.78, 5) is 13.9. The number of aromatic nitrogens is 3. The van der Waals surface area contributed by atoms with Crippen molar-refractivity contribution in [1.82, 2.24) is 19.7 Å². The molecule has 1 heterocycles. The van der Waals surface area contributed by atoms with E-state index in [1.807, 2.05) is 11.6 Å². The first-order valence-corrected chi connectivity index (χ1v) is 7.56. The SMILES string of the molecule is CC(C)n1cnnc1SCC(=O)N(C)C1=CCCC1. The standard InChI is InChI=1S/C13H20N4OS/c1-10(2)17-9-14-15-13(17)19-8-12(18)16(3)11-6-4-5-7-11/h6,9-10H,4-5,7-8H2,1-3H3. The summed E-state index contributed by atoms with van der Waals surface area (Å²) in [6, 6.07) is 0.308. The van der Waals surface area contributed by atoms with E-state index in [4.69, 9.17) is 0 Å². The highest BCUT2D eigenvalue weighted by atomic mass is 32.2. The molecular weight excluding hydrogens is 260 g/mol. The highest BCUT2D eigenvalue weighted by molar-refractivity contribution is 7.99. The monoisotopic (exact) mass is 280 g/mol. The van der Waals surface area contributed by atoms with E-state index in [-0.39, 0.29) is 5.91 Å². The fourth-order valence-electron chi connectivity index (χ4n) is 2.03. The van der Waals surface area contributed by atoms with Crippen LogP contribution >= 0.6 is 11.8 Å². The third-order valence-corrected chi connectivity index (χ3v) is 4.19. The van der Waals surface area contributed by atoms with Crippen LogP contribution in [0, 0.1) is 0 Å². The minimum Gasteiger partial charge on any atom is -0.319 e. The van der Waals surface area contributed by atoms with Crippen LogP contribution in [0.5, 0.6) is 0 Å². The van der Waals surface area contributed by atoms with Crippen LogP contribution in [0.4, 0.5) is 0 Å². The molecule has 0 fully saturated rings. The quantitative estimate of drug-likeness (QED) is 0.778. The Labute approximate surface area is 118 Å². The molecule has 1 aromatic heterocycles. The van der Waals surface area contributed by atoms with Crippen molar-refractivity contribution >= 4 is 17.7 Å². The molecule has 1 aliphatic rings. The molecule has 0 saturated carbocycles. The van der Waals surface area contributed by atoms with Gasteiger partial charge in [-0.05, 0) is 33.1 Å². The van der Waals surface area contributed by atoms with Gasteiger partial charge in [-0.15, -0.1) is 10.2 Å². The summed E-state index contributed by atoms with van der Waals surface area (Å²) >= 11 is 1.45. The zero-order valence-electron chi connectivity index (χ0n) is 11.7. The third-order valence-electron chi connectivity index (χ3n) is 3.24. The highest BCUT2D eigenvalue weighted by Gasteiger charge is 2.17. The maximum atomic E-state index is 12.1. The Balaban J connectivity index is 1.91. The van der Waals surface area contributed by atoms with Crippen LogP contribution in [0.3, 0.4) is 0 Å². The molecule has 5 nitrogen and oxygen atoms in total. The maximum absolute atomic E-state index is 12.1. The summed E-state index contributed by atoms with van der Waals surface area (Å²) in [5.74, 6) is 0.524. The third kappa shape index (κ3) is 3.37. The van der Waals surface area contributed by atoms with Crippen LogP contribution in [0.1, 0.15) is 39.2 Å². The van der Waals surface area contributed by atoms with Gasteiger partial charge in [0.15, 0.2) is 5.16 Å². The molecule has 0 radical (unpaired) electrons. The highest BCUT2D eigenvalue weighted by Crippen LogP contribution is 2.23. The number of nitrogens with zero attached hydrogens (tertiary/aromatic N) is 4. The van der Waals surface area contributed by atoms with Crippen molar-refractivity contribution < 1.29 is 4.79 Å². The largest absolute Gasteiger partial charge is 0.319 e. The van der Waals surface area contributed by atoms with Gasteiger partial charge in [0, 0.05) is 18.8 Å².